The number of pyridine rings is 1. The first-order chi connectivity index (χ1) is 10.7. The Morgan fingerprint density at radius 2 is 1.91 bits per heavy atom. The number of nitrogens with one attached hydrogen (secondary N) is 1. The Hall–Kier alpha value is -2.59. The molecule has 2 heterocycles. The summed E-state index contributed by atoms with van der Waals surface area (Å²) in [6, 6.07) is 14.6. The molecule has 4 rings (SSSR count). The van der Waals surface area contributed by atoms with Crippen LogP contribution in [0.25, 0.3) is 10.9 Å². The average Bonchev–Trinajstić information content (AvgIpc) is 2.54. The minimum atomic E-state index is -0.462. The fourth-order valence-corrected chi connectivity index (χ4v) is 2.89. The number of hydrogen-bond donors (Lipinski definition) is 1. The molecule has 0 saturated carbocycles. The molecule has 108 valence electrons. The lowest BCUT2D eigenvalue weighted by atomic mass is 9.93. The fraction of sp³-hybridized carbons (Fsp3) is 0.0588. The smallest absolute Gasteiger partial charge is 0.410 e. The first-order valence-corrected chi connectivity index (χ1v) is 7.21. The molecular formula is C17H11ClN2O2. The van der Waals surface area contributed by atoms with Crippen LogP contribution < -0.4 is 10.1 Å². The number of hydrogen-bond acceptors (Lipinski definition) is 3. The first-order valence-electron chi connectivity index (χ1n) is 6.84. The van der Waals surface area contributed by atoms with Crippen LogP contribution in [-0.2, 0) is 0 Å². The summed E-state index contributed by atoms with van der Waals surface area (Å²) < 4.78 is 5.31. The fourth-order valence-electron chi connectivity index (χ4n) is 2.77. The van der Waals surface area contributed by atoms with E-state index in [1.807, 2.05) is 42.5 Å². The molecule has 0 fully saturated rings. The standard InChI is InChI=1S/C17H11ClN2O2/c18-11-5-3-10(4-6-11)16-15-12-2-1-9-19-13(12)7-8-14(15)22-17(21)20-16/h1-9,16H,(H,20,21). The highest BCUT2D eigenvalue weighted by Gasteiger charge is 2.29. The van der Waals surface area contributed by atoms with Gasteiger partial charge in [-0.25, -0.2) is 4.79 Å². The summed E-state index contributed by atoms with van der Waals surface area (Å²) in [7, 11) is 0. The van der Waals surface area contributed by atoms with Gasteiger partial charge in [0.15, 0.2) is 0 Å². The minimum absolute atomic E-state index is 0.290. The number of carbonyl (C=O) groups is 1. The third-order valence-corrected chi connectivity index (χ3v) is 4.00. The van der Waals surface area contributed by atoms with Gasteiger partial charge in [0.05, 0.1) is 11.6 Å². The Labute approximate surface area is 131 Å². The molecule has 0 saturated heterocycles. The second kappa shape index (κ2) is 5.00. The largest absolute Gasteiger partial charge is 0.413 e. The molecule has 1 aliphatic heterocycles. The number of ether oxygens (including phenoxy) is 1. The van der Waals surface area contributed by atoms with Gasteiger partial charge in [-0.05, 0) is 35.9 Å². The van der Waals surface area contributed by atoms with Gasteiger partial charge in [0.25, 0.3) is 0 Å². The molecule has 1 unspecified atom stereocenters. The van der Waals surface area contributed by atoms with Crippen molar-refractivity contribution in [3.05, 3.63) is 70.9 Å². The molecular weight excluding hydrogens is 300 g/mol. The number of benzene rings is 2. The van der Waals surface area contributed by atoms with Gasteiger partial charge >= 0.3 is 6.09 Å². The Balaban J connectivity index is 1.97. The van der Waals surface area contributed by atoms with Crippen molar-refractivity contribution in [1.29, 1.82) is 0 Å². The minimum Gasteiger partial charge on any atom is -0.410 e. The van der Waals surface area contributed by atoms with Crippen LogP contribution in [0.1, 0.15) is 17.2 Å². The number of fused-ring (bicyclic) bond motifs is 3. The molecule has 0 bridgehead atoms. The molecule has 0 spiro atoms. The molecule has 1 aliphatic rings. The van der Waals surface area contributed by atoms with E-state index >= 15 is 0 Å². The lowest BCUT2D eigenvalue weighted by molar-refractivity contribution is 0.191. The second-order valence-corrected chi connectivity index (χ2v) is 5.50. The van der Waals surface area contributed by atoms with Crippen LogP contribution in [0.3, 0.4) is 0 Å². The third-order valence-electron chi connectivity index (χ3n) is 3.74. The van der Waals surface area contributed by atoms with Crippen molar-refractivity contribution in [3.63, 3.8) is 0 Å². The first kappa shape index (κ1) is 13.1. The lowest BCUT2D eigenvalue weighted by Crippen LogP contribution is -2.36. The van der Waals surface area contributed by atoms with Crippen molar-refractivity contribution in [3.8, 4) is 5.75 Å². The molecule has 1 amide bonds. The summed E-state index contributed by atoms with van der Waals surface area (Å²) in [5.74, 6) is 0.559. The number of nitrogens with zero attached hydrogens (tertiary/aromatic N) is 1. The lowest BCUT2D eigenvalue weighted by Gasteiger charge is -2.27. The molecule has 2 aromatic carbocycles. The van der Waals surface area contributed by atoms with Crippen molar-refractivity contribution < 1.29 is 9.53 Å². The van der Waals surface area contributed by atoms with Crippen molar-refractivity contribution in [2.45, 2.75) is 6.04 Å². The Morgan fingerprint density at radius 3 is 2.73 bits per heavy atom. The summed E-state index contributed by atoms with van der Waals surface area (Å²) in [4.78, 5) is 16.2. The predicted molar refractivity (Wildman–Crippen MR) is 84.2 cm³/mol. The Kier molecular flexibility index (Phi) is 2.98. The van der Waals surface area contributed by atoms with Gasteiger partial charge in [-0.1, -0.05) is 29.8 Å². The van der Waals surface area contributed by atoms with E-state index in [1.165, 1.54) is 0 Å². The SMILES string of the molecule is O=C1NC(c2ccc(Cl)cc2)c2c(ccc3ncccc23)O1. The van der Waals surface area contributed by atoms with Gasteiger partial charge in [-0.2, -0.15) is 0 Å². The van der Waals surface area contributed by atoms with Gasteiger partial charge in [0.2, 0.25) is 0 Å². The molecule has 4 nitrogen and oxygen atoms in total. The quantitative estimate of drug-likeness (QED) is 0.737. The predicted octanol–water partition coefficient (Wildman–Crippen LogP) is 4.08. The van der Waals surface area contributed by atoms with E-state index in [1.54, 1.807) is 12.3 Å². The molecule has 0 aliphatic carbocycles. The molecule has 22 heavy (non-hydrogen) atoms. The Bertz CT molecular complexity index is 877. The molecule has 1 N–H and O–H groups in total. The zero-order valence-corrected chi connectivity index (χ0v) is 12.2. The second-order valence-electron chi connectivity index (χ2n) is 5.07. The van der Waals surface area contributed by atoms with Gasteiger partial charge in [-0.15, -0.1) is 0 Å². The topological polar surface area (TPSA) is 51.2 Å². The van der Waals surface area contributed by atoms with Crippen LogP contribution in [0.4, 0.5) is 4.79 Å². The van der Waals surface area contributed by atoms with Gasteiger partial charge in [0, 0.05) is 22.2 Å². The maximum Gasteiger partial charge on any atom is 0.413 e. The summed E-state index contributed by atoms with van der Waals surface area (Å²) in [5, 5.41) is 4.48. The number of rotatable bonds is 1. The number of amides is 1. The van der Waals surface area contributed by atoms with E-state index < -0.39 is 6.09 Å². The van der Waals surface area contributed by atoms with Gasteiger partial charge in [-0.3, -0.25) is 4.98 Å². The molecule has 0 radical (unpaired) electrons. The average molecular weight is 311 g/mol. The highest BCUT2D eigenvalue weighted by molar-refractivity contribution is 6.30. The van der Waals surface area contributed by atoms with E-state index in [0.29, 0.717) is 10.8 Å². The normalized spacial score (nSPS) is 16.8. The van der Waals surface area contributed by atoms with Crippen LogP contribution >= 0.6 is 11.6 Å². The van der Waals surface area contributed by atoms with Gasteiger partial charge < -0.3 is 10.1 Å². The summed E-state index contributed by atoms with van der Waals surface area (Å²) >= 11 is 5.95. The van der Waals surface area contributed by atoms with E-state index in [0.717, 1.165) is 22.0 Å². The van der Waals surface area contributed by atoms with Crippen LogP contribution in [0.5, 0.6) is 5.75 Å². The number of halogens is 1. The molecule has 1 atom stereocenters. The van der Waals surface area contributed by atoms with Crippen molar-refractivity contribution in [2.75, 3.05) is 0 Å². The van der Waals surface area contributed by atoms with E-state index in [-0.39, 0.29) is 6.04 Å². The van der Waals surface area contributed by atoms with Crippen molar-refractivity contribution in [1.82, 2.24) is 10.3 Å². The van der Waals surface area contributed by atoms with Gasteiger partial charge in [0.1, 0.15) is 5.75 Å². The van der Waals surface area contributed by atoms with Crippen LogP contribution in [-0.4, -0.2) is 11.1 Å². The summed E-state index contributed by atoms with van der Waals surface area (Å²) in [6.07, 6.45) is 1.28. The van der Waals surface area contributed by atoms with E-state index in [2.05, 4.69) is 10.3 Å². The zero-order valence-electron chi connectivity index (χ0n) is 11.4. The molecule has 3 aromatic rings. The number of aromatic nitrogens is 1. The van der Waals surface area contributed by atoms with Crippen LogP contribution in [0, 0.1) is 0 Å². The monoisotopic (exact) mass is 310 g/mol. The summed E-state index contributed by atoms with van der Waals surface area (Å²) in [6.45, 7) is 0. The highest BCUT2D eigenvalue weighted by atomic mass is 35.5. The maximum atomic E-state index is 11.8. The zero-order chi connectivity index (χ0) is 15.1. The van der Waals surface area contributed by atoms with Crippen LogP contribution in [0.2, 0.25) is 5.02 Å². The maximum absolute atomic E-state index is 11.8. The van der Waals surface area contributed by atoms with E-state index in [4.69, 9.17) is 16.3 Å². The van der Waals surface area contributed by atoms with Crippen molar-refractivity contribution >= 4 is 28.6 Å². The Morgan fingerprint density at radius 1 is 1.09 bits per heavy atom. The summed E-state index contributed by atoms with van der Waals surface area (Å²) in [5.41, 5.74) is 2.71. The van der Waals surface area contributed by atoms with E-state index in [9.17, 15) is 4.79 Å². The molecule has 5 heteroatoms. The highest BCUT2D eigenvalue weighted by Crippen LogP contribution is 2.38. The number of carbonyl (C=O) groups excluding carboxylic acids is 1. The molecule has 1 aromatic heterocycles. The third kappa shape index (κ3) is 2.09. The van der Waals surface area contributed by atoms with Crippen LogP contribution in [0.15, 0.2) is 54.7 Å². The van der Waals surface area contributed by atoms with Crippen molar-refractivity contribution in [2.24, 2.45) is 0 Å².